The maximum absolute atomic E-state index is 7.52. The van der Waals surface area contributed by atoms with E-state index in [1.54, 1.807) is 11.1 Å². The summed E-state index contributed by atoms with van der Waals surface area (Å²) in [4.78, 5) is 2.73. The summed E-state index contributed by atoms with van der Waals surface area (Å²) in [6.07, 6.45) is 16.8. The van der Waals surface area contributed by atoms with Gasteiger partial charge in [-0.15, -0.1) is 11.3 Å². The van der Waals surface area contributed by atoms with E-state index in [0.29, 0.717) is 0 Å². The van der Waals surface area contributed by atoms with Gasteiger partial charge in [-0.3, -0.25) is 0 Å². The topological polar surface area (TPSA) is 21.3 Å². The highest BCUT2D eigenvalue weighted by molar-refractivity contribution is 7.27. The zero-order valence-corrected chi connectivity index (χ0v) is 47.6. The maximum atomic E-state index is 7.52. The summed E-state index contributed by atoms with van der Waals surface area (Å²) < 4.78 is 13.2. The number of rotatable bonds is 4. The third kappa shape index (κ3) is 6.07. The van der Waals surface area contributed by atoms with Gasteiger partial charge in [0.2, 0.25) is 0 Å². The van der Waals surface area contributed by atoms with E-state index < -0.39 is 0 Å². The molecular formula is C76H65BN2OS. The average Bonchev–Trinajstić information content (AvgIpc) is 2.18. The van der Waals surface area contributed by atoms with E-state index in [9.17, 15) is 0 Å². The van der Waals surface area contributed by atoms with E-state index in [1.807, 2.05) is 11.3 Å². The normalized spacial score (nSPS) is 26.7. The van der Waals surface area contributed by atoms with Crippen molar-refractivity contribution in [1.29, 1.82) is 0 Å². The molecular weight excluding hydrogens is 1000 g/mol. The van der Waals surface area contributed by atoms with Crippen molar-refractivity contribution in [3.05, 3.63) is 174 Å². The fourth-order valence-electron chi connectivity index (χ4n) is 20.6. The monoisotopic (exact) mass is 1060 g/mol. The second-order valence-corrected chi connectivity index (χ2v) is 29.9. The Hall–Kier alpha value is -7.08. The number of hydrogen-bond acceptors (Lipinski definition) is 3. The molecule has 2 aliphatic heterocycles. The van der Waals surface area contributed by atoms with Gasteiger partial charge in [-0.25, -0.2) is 0 Å². The highest BCUT2D eigenvalue weighted by atomic mass is 32.1. The molecule has 5 heteroatoms. The molecule has 81 heavy (non-hydrogen) atoms. The first-order valence-electron chi connectivity index (χ1n) is 31.1. The Labute approximate surface area is 478 Å². The van der Waals surface area contributed by atoms with Crippen molar-refractivity contribution in [1.82, 2.24) is 4.48 Å². The van der Waals surface area contributed by atoms with Crippen LogP contribution in [0.3, 0.4) is 0 Å². The van der Waals surface area contributed by atoms with Gasteiger partial charge in [0.05, 0.1) is 5.69 Å². The van der Waals surface area contributed by atoms with Crippen molar-refractivity contribution >= 4 is 121 Å². The van der Waals surface area contributed by atoms with Crippen LogP contribution < -0.4 is 15.8 Å². The van der Waals surface area contributed by atoms with Crippen LogP contribution in [-0.4, -0.2) is 11.3 Å². The summed E-state index contributed by atoms with van der Waals surface area (Å²) >= 11 is 2.01. The third-order valence-electron chi connectivity index (χ3n) is 23.2. The molecule has 8 fully saturated rings. The smallest absolute Gasteiger partial charge is 0.334 e. The predicted molar refractivity (Wildman–Crippen MR) is 341 cm³/mol. The molecule has 8 saturated carbocycles. The molecule has 3 nitrogen and oxygen atoms in total. The van der Waals surface area contributed by atoms with E-state index in [1.165, 1.54) is 196 Å². The molecule has 394 valence electrons. The van der Waals surface area contributed by atoms with Crippen molar-refractivity contribution in [2.45, 2.75) is 114 Å². The van der Waals surface area contributed by atoms with Crippen molar-refractivity contribution in [3.8, 4) is 22.3 Å². The largest absolute Gasteiger partial charge is 0.455 e. The minimum absolute atomic E-state index is 0.0396. The van der Waals surface area contributed by atoms with Crippen LogP contribution in [0.2, 0.25) is 0 Å². The van der Waals surface area contributed by atoms with Gasteiger partial charge in [0.25, 0.3) is 0 Å². The van der Waals surface area contributed by atoms with E-state index in [2.05, 4.69) is 188 Å². The zero-order valence-electron chi connectivity index (χ0n) is 46.7. The van der Waals surface area contributed by atoms with Gasteiger partial charge in [-0.1, -0.05) is 112 Å². The second kappa shape index (κ2) is 15.5. The first kappa shape index (κ1) is 45.5. The van der Waals surface area contributed by atoms with Crippen LogP contribution in [0.15, 0.2) is 162 Å². The summed E-state index contributed by atoms with van der Waals surface area (Å²) in [5.74, 6) is 5.20. The molecule has 8 bridgehead atoms. The van der Waals surface area contributed by atoms with Crippen LogP contribution in [-0.2, 0) is 16.2 Å². The molecule has 0 atom stereocenters. The van der Waals surface area contributed by atoms with Gasteiger partial charge >= 0.3 is 6.85 Å². The van der Waals surface area contributed by atoms with Gasteiger partial charge in [0.15, 0.2) is 0 Å². The fourth-order valence-corrected chi connectivity index (χ4v) is 21.9. The van der Waals surface area contributed by atoms with Crippen LogP contribution in [0.5, 0.6) is 0 Å². The Balaban J connectivity index is 0.959. The number of hydrogen-bond donors (Lipinski definition) is 0. The summed E-state index contributed by atoms with van der Waals surface area (Å²) in [6.45, 7) is 6.95. The zero-order chi connectivity index (χ0) is 53.0. The molecule has 9 aromatic carbocycles. The standard InChI is InChI=1S/C76H65BN2OS/c1-74(2,3)51-17-20-62(56(31-51)48-11-5-4-6-12-48)78-64-22-19-55-58-29-49-13-7-8-14-50(49)30-67(58)81-73(55)70(64)77-69-65(78)35-60-54-15-9-10-16-66(54)80-72(60)68(69)61-34-53(76-39-45-26-46(40-76)28-47(27-45)41-76)33-59-57-32-52(18-21-63(57)79(77)71(59)61)75-36-42-23-43(37-75)25-44(24-42)38-75/h4-22,29-35,42-47H,23-28,36-41H2,1-3H3. The molecule has 3 aromatic heterocycles. The van der Waals surface area contributed by atoms with Gasteiger partial charge < -0.3 is 13.8 Å². The lowest BCUT2D eigenvalue weighted by molar-refractivity contribution is -0.00527. The first-order valence-corrected chi connectivity index (χ1v) is 31.9. The lowest BCUT2D eigenvalue weighted by Gasteiger charge is -2.57. The molecule has 8 aliphatic carbocycles. The van der Waals surface area contributed by atoms with Crippen LogP contribution in [0, 0.1) is 35.5 Å². The SMILES string of the molecule is CC(C)(C)c1ccc(N2c3cc4c(oc5ccccc54)c4c3B(c3c2ccc2c3sc3cc5ccccc5cc32)n2c3ccc(C56CC7CC(CC(C7)C5)C6)cc3c3cc(C56CC7CC(CC(C7)C5)C6)cc-4c32)c(-c2ccccc2)c1. The molecule has 0 saturated heterocycles. The van der Waals surface area contributed by atoms with E-state index in [-0.39, 0.29) is 23.1 Å². The number of fused-ring (bicyclic) bond motifs is 16. The molecule has 5 heterocycles. The highest BCUT2D eigenvalue weighted by Crippen LogP contribution is 2.64. The van der Waals surface area contributed by atoms with E-state index in [0.717, 1.165) is 46.7 Å². The number of nitrogens with zero attached hydrogens (tertiary/aromatic N) is 2. The van der Waals surface area contributed by atoms with Crippen LogP contribution in [0.25, 0.3) is 96.9 Å². The summed E-state index contributed by atoms with van der Waals surface area (Å²) in [7, 11) is 0. The number of anilines is 3. The predicted octanol–water partition coefficient (Wildman–Crippen LogP) is 19.5. The lowest BCUT2D eigenvalue weighted by Crippen LogP contribution is -2.57. The van der Waals surface area contributed by atoms with Crippen molar-refractivity contribution in [3.63, 3.8) is 0 Å². The number of thiophene rings is 1. The first-order chi connectivity index (χ1) is 39.6. The Morgan fingerprint density at radius 2 is 1.14 bits per heavy atom. The highest BCUT2D eigenvalue weighted by Gasteiger charge is 2.54. The van der Waals surface area contributed by atoms with Gasteiger partial charge in [-0.05, 0) is 239 Å². The Kier molecular flexibility index (Phi) is 8.72. The lowest BCUT2D eigenvalue weighted by atomic mass is 9.44. The molecule has 0 spiro atoms. The number of aromatic nitrogens is 1. The molecule has 10 aliphatic rings. The maximum Gasteiger partial charge on any atom is 0.334 e. The number of benzene rings is 9. The number of para-hydroxylation sites is 1. The summed E-state index contributed by atoms with van der Waals surface area (Å²) in [6, 6.07) is 62.7. The minimum atomic E-state index is -0.123. The quantitative estimate of drug-likeness (QED) is 0.164. The van der Waals surface area contributed by atoms with Gasteiger partial charge in [0, 0.05) is 80.8 Å². The molecule has 12 aromatic rings. The molecule has 0 radical (unpaired) electrons. The van der Waals surface area contributed by atoms with Crippen molar-refractivity contribution < 1.29 is 4.42 Å². The van der Waals surface area contributed by atoms with Crippen molar-refractivity contribution in [2.75, 3.05) is 4.90 Å². The molecule has 22 rings (SSSR count). The fraction of sp³-hybridized carbons (Fsp3) is 0.316. The van der Waals surface area contributed by atoms with Crippen LogP contribution in [0.4, 0.5) is 17.1 Å². The van der Waals surface area contributed by atoms with Crippen molar-refractivity contribution in [2.24, 2.45) is 35.5 Å². The van der Waals surface area contributed by atoms with Gasteiger partial charge in [0.1, 0.15) is 11.2 Å². The minimum Gasteiger partial charge on any atom is -0.455 e. The van der Waals surface area contributed by atoms with Crippen LogP contribution in [0.1, 0.15) is 115 Å². The third-order valence-corrected chi connectivity index (χ3v) is 24.4. The van der Waals surface area contributed by atoms with E-state index in [4.69, 9.17) is 4.42 Å². The summed E-state index contributed by atoms with van der Waals surface area (Å²) in [5, 5.41) is 10.6. The molecule has 0 N–H and O–H groups in total. The van der Waals surface area contributed by atoms with Crippen LogP contribution >= 0.6 is 11.3 Å². The Bertz CT molecular complexity index is 4720. The number of furan rings is 1. The Morgan fingerprint density at radius 1 is 0.494 bits per heavy atom. The Morgan fingerprint density at radius 3 is 1.85 bits per heavy atom. The summed E-state index contributed by atoms with van der Waals surface area (Å²) in [5.41, 5.74) is 21.5. The van der Waals surface area contributed by atoms with Gasteiger partial charge in [-0.2, -0.15) is 0 Å². The molecule has 0 unspecified atom stereocenters. The second-order valence-electron chi connectivity index (χ2n) is 28.8. The average molecular weight is 1070 g/mol. The van der Waals surface area contributed by atoms with E-state index >= 15 is 0 Å². The molecule has 0 amide bonds.